The Labute approximate surface area is 70.8 Å². The molecule has 0 rings (SSSR count). The van der Waals surface area contributed by atoms with Crippen LogP contribution < -0.4 is 5.73 Å². The predicted molar refractivity (Wildman–Crippen MR) is 41.3 cm³/mol. The van der Waals surface area contributed by atoms with Crippen LogP contribution in [0.4, 0.5) is 8.78 Å². The topological polar surface area (TPSA) is 44.5 Å². The SMILES string of the molecule is CCOC(CN)COCC(F)F. The van der Waals surface area contributed by atoms with Crippen molar-refractivity contribution in [3.63, 3.8) is 0 Å². The highest BCUT2D eigenvalue weighted by Crippen LogP contribution is 1.96. The number of rotatable bonds is 7. The maximum Gasteiger partial charge on any atom is 0.261 e. The van der Waals surface area contributed by atoms with Gasteiger partial charge in [-0.25, -0.2) is 8.78 Å². The summed E-state index contributed by atoms with van der Waals surface area (Å²) in [5.74, 6) is 0. The van der Waals surface area contributed by atoms with E-state index in [9.17, 15) is 8.78 Å². The van der Waals surface area contributed by atoms with E-state index in [-0.39, 0.29) is 19.3 Å². The van der Waals surface area contributed by atoms with Crippen molar-refractivity contribution in [1.82, 2.24) is 0 Å². The largest absolute Gasteiger partial charge is 0.375 e. The second-order valence-corrected chi connectivity index (χ2v) is 2.24. The average Bonchev–Trinajstić information content (AvgIpc) is 2.02. The summed E-state index contributed by atoms with van der Waals surface area (Å²) in [6.45, 7) is 2.20. The standard InChI is InChI=1S/C7H15F2NO2/c1-2-12-6(3-10)4-11-5-7(8)9/h6-7H,2-5,10H2,1H3. The van der Waals surface area contributed by atoms with Crippen LogP contribution in [0.15, 0.2) is 0 Å². The monoisotopic (exact) mass is 183 g/mol. The Morgan fingerprint density at radius 2 is 2.00 bits per heavy atom. The van der Waals surface area contributed by atoms with Crippen LogP contribution in [-0.4, -0.2) is 38.9 Å². The molecule has 0 heterocycles. The predicted octanol–water partition coefficient (Wildman–Crippen LogP) is 0.632. The lowest BCUT2D eigenvalue weighted by Crippen LogP contribution is -2.29. The van der Waals surface area contributed by atoms with Crippen molar-refractivity contribution in [2.45, 2.75) is 19.5 Å². The van der Waals surface area contributed by atoms with Gasteiger partial charge < -0.3 is 15.2 Å². The fourth-order valence-corrected chi connectivity index (χ4v) is 0.708. The van der Waals surface area contributed by atoms with Gasteiger partial charge >= 0.3 is 0 Å². The smallest absolute Gasteiger partial charge is 0.261 e. The molecule has 0 spiro atoms. The van der Waals surface area contributed by atoms with Gasteiger partial charge in [0.2, 0.25) is 0 Å². The lowest BCUT2D eigenvalue weighted by Gasteiger charge is -2.14. The van der Waals surface area contributed by atoms with E-state index >= 15 is 0 Å². The molecule has 0 aliphatic heterocycles. The first kappa shape index (κ1) is 11.7. The van der Waals surface area contributed by atoms with Gasteiger partial charge in [0.25, 0.3) is 6.43 Å². The molecule has 0 amide bonds. The number of ether oxygens (including phenoxy) is 2. The molecule has 0 aromatic carbocycles. The van der Waals surface area contributed by atoms with Gasteiger partial charge in [0.1, 0.15) is 6.61 Å². The van der Waals surface area contributed by atoms with Gasteiger partial charge in [-0.2, -0.15) is 0 Å². The molecule has 0 fully saturated rings. The molecule has 3 nitrogen and oxygen atoms in total. The summed E-state index contributed by atoms with van der Waals surface area (Å²) >= 11 is 0. The summed E-state index contributed by atoms with van der Waals surface area (Å²) < 4.78 is 32.9. The van der Waals surface area contributed by atoms with E-state index in [1.165, 1.54) is 0 Å². The zero-order valence-corrected chi connectivity index (χ0v) is 7.13. The summed E-state index contributed by atoms with van der Waals surface area (Å²) in [5, 5.41) is 0. The Bertz CT molecular complexity index is 103. The van der Waals surface area contributed by atoms with E-state index in [4.69, 9.17) is 10.5 Å². The lowest BCUT2D eigenvalue weighted by molar-refractivity contribution is -0.0402. The van der Waals surface area contributed by atoms with Crippen LogP contribution in [-0.2, 0) is 9.47 Å². The summed E-state index contributed by atoms with van der Waals surface area (Å²) in [6, 6.07) is 0. The highest BCUT2D eigenvalue weighted by atomic mass is 19.3. The average molecular weight is 183 g/mol. The minimum Gasteiger partial charge on any atom is -0.375 e. The molecule has 1 unspecified atom stereocenters. The molecule has 0 aromatic rings. The molecule has 0 bridgehead atoms. The molecule has 12 heavy (non-hydrogen) atoms. The molecule has 0 aromatic heterocycles. The van der Waals surface area contributed by atoms with E-state index in [0.29, 0.717) is 6.61 Å². The molecule has 1 atom stereocenters. The van der Waals surface area contributed by atoms with Crippen molar-refractivity contribution >= 4 is 0 Å². The van der Waals surface area contributed by atoms with E-state index < -0.39 is 13.0 Å². The molecule has 0 aliphatic rings. The van der Waals surface area contributed by atoms with E-state index in [0.717, 1.165) is 0 Å². The fraction of sp³-hybridized carbons (Fsp3) is 1.00. The lowest BCUT2D eigenvalue weighted by atomic mass is 10.4. The van der Waals surface area contributed by atoms with Crippen LogP contribution in [0.2, 0.25) is 0 Å². The fourth-order valence-electron chi connectivity index (χ4n) is 0.708. The van der Waals surface area contributed by atoms with Crippen molar-refractivity contribution in [3.8, 4) is 0 Å². The highest BCUT2D eigenvalue weighted by molar-refractivity contribution is 4.56. The molecular weight excluding hydrogens is 168 g/mol. The Hall–Kier alpha value is -0.260. The quantitative estimate of drug-likeness (QED) is 0.629. The second kappa shape index (κ2) is 7.39. The molecule has 2 N–H and O–H groups in total. The van der Waals surface area contributed by atoms with Gasteiger partial charge in [-0.3, -0.25) is 0 Å². The third kappa shape index (κ3) is 6.45. The Morgan fingerprint density at radius 3 is 2.42 bits per heavy atom. The first-order chi connectivity index (χ1) is 5.70. The zero-order valence-electron chi connectivity index (χ0n) is 7.13. The van der Waals surface area contributed by atoms with Crippen molar-refractivity contribution < 1.29 is 18.3 Å². The van der Waals surface area contributed by atoms with Gasteiger partial charge in [-0.1, -0.05) is 0 Å². The normalized spacial score (nSPS) is 13.8. The Balaban J connectivity index is 3.31. The van der Waals surface area contributed by atoms with Crippen LogP contribution in [0.1, 0.15) is 6.92 Å². The minimum absolute atomic E-state index is 0.134. The molecular formula is C7H15F2NO2. The summed E-state index contributed by atoms with van der Waals surface area (Å²) in [5.41, 5.74) is 5.28. The number of alkyl halides is 2. The van der Waals surface area contributed by atoms with Crippen molar-refractivity contribution in [3.05, 3.63) is 0 Å². The van der Waals surface area contributed by atoms with E-state index in [2.05, 4.69) is 4.74 Å². The molecule has 74 valence electrons. The molecule has 0 aliphatic carbocycles. The summed E-state index contributed by atoms with van der Waals surface area (Å²) in [6.07, 6.45) is -2.70. The minimum atomic E-state index is -2.43. The number of hydrogen-bond acceptors (Lipinski definition) is 3. The van der Waals surface area contributed by atoms with Crippen LogP contribution >= 0.6 is 0 Å². The van der Waals surface area contributed by atoms with Crippen LogP contribution in [0.5, 0.6) is 0 Å². The van der Waals surface area contributed by atoms with Gasteiger partial charge in [-0.15, -0.1) is 0 Å². The maximum atomic E-state index is 11.6. The second-order valence-electron chi connectivity index (χ2n) is 2.24. The third-order valence-corrected chi connectivity index (χ3v) is 1.21. The highest BCUT2D eigenvalue weighted by Gasteiger charge is 2.08. The Morgan fingerprint density at radius 1 is 1.33 bits per heavy atom. The van der Waals surface area contributed by atoms with E-state index in [1.54, 1.807) is 0 Å². The molecule has 0 saturated heterocycles. The van der Waals surface area contributed by atoms with Crippen LogP contribution in [0.25, 0.3) is 0 Å². The Kier molecular flexibility index (Phi) is 7.23. The molecule has 0 saturated carbocycles. The first-order valence-electron chi connectivity index (χ1n) is 3.88. The maximum absolute atomic E-state index is 11.6. The van der Waals surface area contributed by atoms with Gasteiger partial charge in [-0.05, 0) is 6.92 Å². The number of halogens is 2. The summed E-state index contributed by atoms with van der Waals surface area (Å²) in [7, 11) is 0. The van der Waals surface area contributed by atoms with Gasteiger partial charge in [0.15, 0.2) is 0 Å². The number of hydrogen-bond donors (Lipinski definition) is 1. The van der Waals surface area contributed by atoms with Crippen molar-refractivity contribution in [2.24, 2.45) is 5.73 Å². The molecule has 0 radical (unpaired) electrons. The summed E-state index contributed by atoms with van der Waals surface area (Å²) in [4.78, 5) is 0. The van der Waals surface area contributed by atoms with Crippen molar-refractivity contribution in [2.75, 3.05) is 26.4 Å². The third-order valence-electron chi connectivity index (χ3n) is 1.21. The number of nitrogens with two attached hydrogens (primary N) is 1. The molecule has 5 heteroatoms. The van der Waals surface area contributed by atoms with Crippen LogP contribution in [0, 0.1) is 0 Å². The van der Waals surface area contributed by atoms with Crippen molar-refractivity contribution in [1.29, 1.82) is 0 Å². The van der Waals surface area contributed by atoms with Gasteiger partial charge in [0, 0.05) is 13.2 Å². The zero-order chi connectivity index (χ0) is 9.40. The van der Waals surface area contributed by atoms with E-state index in [1.807, 2.05) is 6.92 Å². The first-order valence-corrected chi connectivity index (χ1v) is 3.88. The van der Waals surface area contributed by atoms with Crippen LogP contribution in [0.3, 0.4) is 0 Å². The van der Waals surface area contributed by atoms with Gasteiger partial charge in [0.05, 0.1) is 12.7 Å².